The Morgan fingerprint density at radius 2 is 1.22 bits per heavy atom. The molecule has 1 heterocycles. The van der Waals surface area contributed by atoms with Gasteiger partial charge in [0.25, 0.3) is 0 Å². The van der Waals surface area contributed by atoms with Crippen molar-refractivity contribution >= 4 is 19.8 Å². The first kappa shape index (κ1) is 51.2. The lowest BCUT2D eigenvalue weighted by molar-refractivity contribution is -0.870. The average molecular weight is 799 g/mol. The molecule has 1 fully saturated rings. The molecule has 1 saturated heterocycles. The molecule has 0 aromatic carbocycles. The molecule has 4 atom stereocenters. The summed E-state index contributed by atoms with van der Waals surface area (Å²) >= 11 is 0. The van der Waals surface area contributed by atoms with Crippen LogP contribution >= 0.6 is 7.82 Å². The van der Waals surface area contributed by atoms with E-state index in [0.717, 1.165) is 77.0 Å². The molecule has 1 aliphatic rings. The summed E-state index contributed by atoms with van der Waals surface area (Å²) in [5.41, 5.74) is 0. The van der Waals surface area contributed by atoms with Crippen LogP contribution in [-0.2, 0) is 37.4 Å². The molecule has 0 aromatic heterocycles. The van der Waals surface area contributed by atoms with Gasteiger partial charge in [-0.05, 0) is 70.6 Å². The zero-order valence-electron chi connectivity index (χ0n) is 35.6. The van der Waals surface area contributed by atoms with E-state index in [1.807, 2.05) is 21.1 Å². The Morgan fingerprint density at radius 3 is 1.84 bits per heavy atom. The number of esters is 2. The van der Waals surface area contributed by atoms with Crippen LogP contribution in [0, 0.1) is 0 Å². The Morgan fingerprint density at radius 1 is 0.673 bits per heavy atom. The van der Waals surface area contributed by atoms with Crippen LogP contribution in [0.15, 0.2) is 36.5 Å². The van der Waals surface area contributed by atoms with E-state index < -0.39 is 26.5 Å². The number of carbonyl (C=O) groups excluding carboxylic acids is 2. The van der Waals surface area contributed by atoms with Gasteiger partial charge in [-0.25, -0.2) is 4.57 Å². The summed E-state index contributed by atoms with van der Waals surface area (Å²) < 4.78 is 40.0. The molecule has 0 amide bonds. The van der Waals surface area contributed by atoms with E-state index in [1.165, 1.54) is 51.4 Å². The lowest BCUT2D eigenvalue weighted by atomic mass is 10.1. The van der Waals surface area contributed by atoms with E-state index in [9.17, 15) is 19.0 Å². The fraction of sp³-hybridized carbons (Fsp3) is 0.818. The first-order chi connectivity index (χ1) is 26.5. The highest BCUT2D eigenvalue weighted by molar-refractivity contribution is 7.47. The Labute approximate surface area is 336 Å². The van der Waals surface area contributed by atoms with Gasteiger partial charge in [0.05, 0.1) is 40.0 Å². The van der Waals surface area contributed by atoms with Gasteiger partial charge in [0, 0.05) is 12.8 Å². The number of phosphoric acid groups is 1. The number of hydrogen-bond donors (Lipinski definition) is 1. The summed E-state index contributed by atoms with van der Waals surface area (Å²) in [5.74, 6) is -0.837. The second-order valence-corrected chi connectivity index (χ2v) is 17.6. The second kappa shape index (κ2) is 33.2. The quantitative estimate of drug-likeness (QED) is 0.0162. The van der Waals surface area contributed by atoms with E-state index in [2.05, 4.69) is 50.3 Å². The first-order valence-corrected chi connectivity index (χ1v) is 23.3. The van der Waals surface area contributed by atoms with Crippen LogP contribution in [-0.4, -0.2) is 87.1 Å². The van der Waals surface area contributed by atoms with E-state index in [0.29, 0.717) is 36.1 Å². The largest absolute Gasteiger partial charge is 0.472 e. The predicted molar refractivity (Wildman–Crippen MR) is 224 cm³/mol. The maximum atomic E-state index is 12.7. The maximum Gasteiger partial charge on any atom is 0.472 e. The summed E-state index contributed by atoms with van der Waals surface area (Å²) in [6.07, 6.45) is 37.8. The normalized spacial score (nSPS) is 17.6. The van der Waals surface area contributed by atoms with E-state index in [-0.39, 0.29) is 32.0 Å². The van der Waals surface area contributed by atoms with Crippen molar-refractivity contribution in [1.82, 2.24) is 0 Å². The van der Waals surface area contributed by atoms with Gasteiger partial charge in [-0.1, -0.05) is 121 Å². The van der Waals surface area contributed by atoms with Gasteiger partial charge >= 0.3 is 19.8 Å². The lowest BCUT2D eigenvalue weighted by Gasteiger charge is -2.24. The molecule has 1 rings (SSSR count). The Balaban J connectivity index is 2.30. The summed E-state index contributed by atoms with van der Waals surface area (Å²) in [6.45, 7) is 4.32. The highest BCUT2D eigenvalue weighted by Crippen LogP contribution is 2.43. The SMILES string of the molecule is CCCCC/C=C\C/C=C\CCCCCCCC(=O)O[C@H](COC(=O)CCCCCCC/C=C\CC1OC1CCCCC)COP(=O)(O)OCC[N+](C)(C)C. The van der Waals surface area contributed by atoms with Gasteiger partial charge in [0.2, 0.25) is 0 Å². The second-order valence-electron chi connectivity index (χ2n) is 16.1. The number of carbonyl (C=O) groups is 2. The van der Waals surface area contributed by atoms with Crippen molar-refractivity contribution < 1.29 is 46.8 Å². The molecule has 1 aliphatic heterocycles. The van der Waals surface area contributed by atoms with Gasteiger partial charge in [-0.2, -0.15) is 0 Å². The Kier molecular flexibility index (Phi) is 30.9. The molecule has 55 heavy (non-hydrogen) atoms. The maximum absolute atomic E-state index is 12.7. The minimum Gasteiger partial charge on any atom is -0.462 e. The van der Waals surface area contributed by atoms with Crippen molar-refractivity contribution in [3.05, 3.63) is 36.5 Å². The molecule has 3 unspecified atom stereocenters. The predicted octanol–water partition coefficient (Wildman–Crippen LogP) is 11.1. The number of quaternary nitrogens is 1. The minimum atomic E-state index is -4.38. The standard InChI is InChI=1S/C44H80NO9P/c1-6-8-10-11-12-13-14-15-16-17-18-19-24-27-31-35-44(47)53-40(39-52-55(48,49)51-37-36-45(3,4)5)38-50-43(46)34-30-26-23-21-20-22-25-29-33-42-41(54-42)32-28-9-7-2/h12-13,15-16,25,29,40-42H,6-11,14,17-24,26-28,30-39H2,1-5H3/p+1/b13-12-,16-15-,29-25-/t40-,41?,42?/m1/s1. The zero-order chi connectivity index (χ0) is 40.5. The van der Waals surface area contributed by atoms with E-state index in [4.69, 9.17) is 23.3 Å². The fourth-order valence-electron chi connectivity index (χ4n) is 5.99. The van der Waals surface area contributed by atoms with E-state index in [1.54, 1.807) is 0 Å². The Hall–Kier alpha value is -1.81. The van der Waals surface area contributed by atoms with Crippen LogP contribution in [0.1, 0.15) is 168 Å². The van der Waals surface area contributed by atoms with Gasteiger partial charge in [-0.15, -0.1) is 0 Å². The summed E-state index contributed by atoms with van der Waals surface area (Å²) in [7, 11) is 1.45. The third-order valence-corrected chi connectivity index (χ3v) is 10.6. The monoisotopic (exact) mass is 799 g/mol. The average Bonchev–Trinajstić information content (AvgIpc) is 3.89. The Bertz CT molecular complexity index is 1100. The number of hydrogen-bond acceptors (Lipinski definition) is 8. The van der Waals surface area contributed by atoms with Crippen LogP contribution in [0.2, 0.25) is 0 Å². The lowest BCUT2D eigenvalue weighted by Crippen LogP contribution is -2.37. The minimum absolute atomic E-state index is 0.0235. The van der Waals surface area contributed by atoms with Crippen molar-refractivity contribution in [1.29, 1.82) is 0 Å². The number of unbranched alkanes of at least 4 members (excludes halogenated alkanes) is 15. The highest BCUT2D eigenvalue weighted by atomic mass is 31.2. The van der Waals surface area contributed by atoms with Crippen LogP contribution in [0.5, 0.6) is 0 Å². The third-order valence-electron chi connectivity index (χ3n) is 9.57. The first-order valence-electron chi connectivity index (χ1n) is 21.8. The number of epoxide rings is 1. The molecule has 0 aromatic rings. The van der Waals surface area contributed by atoms with Gasteiger partial charge in [0.1, 0.15) is 19.8 Å². The number of phosphoric ester groups is 1. The van der Waals surface area contributed by atoms with Crippen molar-refractivity contribution in [3.63, 3.8) is 0 Å². The molecule has 0 saturated carbocycles. The number of nitrogens with zero attached hydrogens (tertiary/aromatic N) is 1. The van der Waals surface area contributed by atoms with Crippen molar-refractivity contribution in [2.45, 2.75) is 186 Å². The number of allylic oxidation sites excluding steroid dienone is 5. The smallest absolute Gasteiger partial charge is 0.462 e. The molecular formula is C44H81NO9P+. The van der Waals surface area contributed by atoms with Crippen LogP contribution < -0.4 is 0 Å². The van der Waals surface area contributed by atoms with Crippen molar-refractivity contribution in [2.75, 3.05) is 47.5 Å². The summed E-state index contributed by atoms with van der Waals surface area (Å²) in [4.78, 5) is 35.4. The molecule has 0 radical (unpaired) electrons. The molecular weight excluding hydrogens is 717 g/mol. The molecule has 1 N–H and O–H groups in total. The summed E-state index contributed by atoms with van der Waals surface area (Å²) in [6, 6.07) is 0. The molecule has 11 heteroatoms. The summed E-state index contributed by atoms with van der Waals surface area (Å²) in [5, 5.41) is 0. The van der Waals surface area contributed by atoms with E-state index >= 15 is 0 Å². The topological polar surface area (TPSA) is 121 Å². The molecule has 320 valence electrons. The zero-order valence-corrected chi connectivity index (χ0v) is 36.5. The molecule has 0 spiro atoms. The number of rotatable bonds is 38. The fourth-order valence-corrected chi connectivity index (χ4v) is 6.73. The molecule has 0 aliphatic carbocycles. The molecule has 10 nitrogen and oxygen atoms in total. The third kappa shape index (κ3) is 34.0. The van der Waals surface area contributed by atoms with Crippen LogP contribution in [0.25, 0.3) is 0 Å². The van der Waals surface area contributed by atoms with Crippen molar-refractivity contribution in [2.24, 2.45) is 0 Å². The highest BCUT2D eigenvalue weighted by Gasteiger charge is 2.36. The number of likely N-dealkylation sites (N-methyl/N-ethyl adjacent to an activating group) is 1. The van der Waals surface area contributed by atoms with Gasteiger partial charge in [-0.3, -0.25) is 18.6 Å². The van der Waals surface area contributed by atoms with Crippen molar-refractivity contribution in [3.8, 4) is 0 Å². The van der Waals surface area contributed by atoms with Crippen LogP contribution in [0.4, 0.5) is 0 Å². The van der Waals surface area contributed by atoms with Crippen LogP contribution in [0.3, 0.4) is 0 Å². The number of ether oxygens (including phenoxy) is 3. The molecule has 0 bridgehead atoms. The van der Waals surface area contributed by atoms with Gasteiger partial charge in [0.15, 0.2) is 6.10 Å². The van der Waals surface area contributed by atoms with Gasteiger partial charge < -0.3 is 23.6 Å².